The van der Waals surface area contributed by atoms with Gasteiger partial charge in [-0.05, 0) is 12.0 Å². The van der Waals surface area contributed by atoms with E-state index in [9.17, 15) is 8.42 Å². The lowest BCUT2D eigenvalue weighted by molar-refractivity contribution is 0.459. The maximum absolute atomic E-state index is 11.2. The minimum atomic E-state index is -4.20. The summed E-state index contributed by atoms with van der Waals surface area (Å²) >= 11 is 4.05. The van der Waals surface area contributed by atoms with Crippen molar-refractivity contribution in [2.24, 2.45) is 0 Å². The Hall–Kier alpha value is -0.520. The van der Waals surface area contributed by atoms with Crippen LogP contribution in [0.4, 0.5) is 0 Å². The average Bonchev–Trinajstić information content (AvgIpc) is 2.16. The van der Waals surface area contributed by atoms with Crippen molar-refractivity contribution in [2.45, 2.75) is 17.4 Å². The van der Waals surface area contributed by atoms with Crippen molar-refractivity contribution >= 4 is 22.7 Å². The molecule has 1 rings (SSSR count). The van der Waals surface area contributed by atoms with Crippen LogP contribution in [0.3, 0.4) is 0 Å². The maximum Gasteiger partial charge on any atom is 0.284 e. The summed E-state index contributed by atoms with van der Waals surface area (Å²) in [6.45, 7) is 1.66. The second-order valence-corrected chi connectivity index (χ2v) is 5.69. The molecule has 5 heteroatoms. The van der Waals surface area contributed by atoms with Gasteiger partial charge in [-0.15, -0.1) is 12.6 Å². The highest BCUT2D eigenvalue weighted by Crippen LogP contribution is 2.36. The third-order valence-corrected chi connectivity index (χ3v) is 4.78. The molecule has 0 spiro atoms. The van der Waals surface area contributed by atoms with E-state index < -0.39 is 14.2 Å². The Morgan fingerprint density at radius 3 is 2.21 bits per heavy atom. The van der Waals surface area contributed by atoms with Crippen LogP contribution in [0.5, 0.6) is 0 Å². The molecule has 3 nitrogen and oxygen atoms in total. The van der Waals surface area contributed by atoms with E-state index in [-0.39, 0.29) is 6.42 Å². The first kappa shape index (κ1) is 11.6. The van der Waals surface area contributed by atoms with Gasteiger partial charge in [0.15, 0.2) is 4.08 Å². The van der Waals surface area contributed by atoms with Gasteiger partial charge in [-0.2, -0.15) is 8.42 Å². The molecule has 0 aliphatic carbocycles. The molecule has 0 saturated carbocycles. The zero-order valence-electron chi connectivity index (χ0n) is 7.71. The van der Waals surface area contributed by atoms with Crippen molar-refractivity contribution in [1.29, 1.82) is 0 Å². The van der Waals surface area contributed by atoms with Crippen LogP contribution in [-0.4, -0.2) is 13.0 Å². The lowest BCUT2D eigenvalue weighted by Crippen LogP contribution is -2.28. The number of thiol groups is 1. The van der Waals surface area contributed by atoms with Gasteiger partial charge in [0.2, 0.25) is 0 Å². The number of benzene rings is 1. The summed E-state index contributed by atoms with van der Waals surface area (Å²) in [6.07, 6.45) is 0.207. The van der Waals surface area contributed by atoms with Crippen LogP contribution in [0, 0.1) is 0 Å². The molecule has 0 aromatic heterocycles. The highest BCUT2D eigenvalue weighted by molar-refractivity contribution is 8.02. The average molecular weight is 232 g/mol. The van der Waals surface area contributed by atoms with E-state index >= 15 is 0 Å². The van der Waals surface area contributed by atoms with Crippen LogP contribution >= 0.6 is 12.6 Å². The zero-order chi connectivity index (χ0) is 10.8. The summed E-state index contributed by atoms with van der Waals surface area (Å²) in [4.78, 5) is 0. The molecule has 0 bridgehead atoms. The van der Waals surface area contributed by atoms with Gasteiger partial charge in [-0.3, -0.25) is 4.55 Å². The lowest BCUT2D eigenvalue weighted by Gasteiger charge is -2.23. The molecule has 0 amide bonds. The summed E-state index contributed by atoms with van der Waals surface area (Å²) in [5, 5.41) is 0. The Bertz CT molecular complexity index is 399. The standard InChI is InChI=1S/C9H12O3S2/c1-2-9(13,14(10,11)12)8-6-4-3-5-7-8/h3-7,13H,2H2,1H3,(H,10,11,12). The molecule has 1 aromatic rings. The predicted molar refractivity (Wildman–Crippen MR) is 58.9 cm³/mol. The maximum atomic E-state index is 11.2. The van der Waals surface area contributed by atoms with E-state index in [0.717, 1.165) is 0 Å². The van der Waals surface area contributed by atoms with Gasteiger partial charge in [-0.1, -0.05) is 37.3 Å². The molecule has 0 aliphatic heterocycles. The van der Waals surface area contributed by atoms with Crippen molar-refractivity contribution in [3.8, 4) is 0 Å². The molecule has 0 saturated heterocycles. The molecule has 1 N–H and O–H groups in total. The Morgan fingerprint density at radius 2 is 1.86 bits per heavy atom. The van der Waals surface area contributed by atoms with Crippen molar-refractivity contribution in [3.63, 3.8) is 0 Å². The Labute approximate surface area is 89.3 Å². The molecule has 0 aliphatic rings. The highest BCUT2D eigenvalue weighted by Gasteiger charge is 2.39. The highest BCUT2D eigenvalue weighted by atomic mass is 32.3. The summed E-state index contributed by atoms with van der Waals surface area (Å²) in [6, 6.07) is 8.45. The molecule has 1 atom stereocenters. The SMILES string of the molecule is CCC(S)(c1ccccc1)S(=O)(=O)O. The van der Waals surface area contributed by atoms with Gasteiger partial charge in [0.05, 0.1) is 0 Å². The van der Waals surface area contributed by atoms with Gasteiger partial charge in [0, 0.05) is 0 Å². The zero-order valence-corrected chi connectivity index (χ0v) is 9.42. The van der Waals surface area contributed by atoms with E-state index in [1.54, 1.807) is 37.3 Å². The first-order valence-corrected chi connectivity index (χ1v) is 6.05. The fourth-order valence-corrected chi connectivity index (χ4v) is 2.18. The number of hydrogen-bond acceptors (Lipinski definition) is 3. The third-order valence-electron chi connectivity index (χ3n) is 2.13. The number of hydrogen-bond donors (Lipinski definition) is 2. The normalized spacial score (nSPS) is 16.2. The summed E-state index contributed by atoms with van der Waals surface area (Å²) in [5.74, 6) is 0. The quantitative estimate of drug-likeness (QED) is 0.619. The van der Waals surface area contributed by atoms with Crippen LogP contribution in [0.2, 0.25) is 0 Å². The monoisotopic (exact) mass is 232 g/mol. The van der Waals surface area contributed by atoms with Gasteiger partial charge < -0.3 is 0 Å². The topological polar surface area (TPSA) is 54.4 Å². The molecule has 0 radical (unpaired) electrons. The van der Waals surface area contributed by atoms with Crippen LogP contribution in [0.1, 0.15) is 18.9 Å². The fraction of sp³-hybridized carbons (Fsp3) is 0.333. The molecule has 0 fully saturated rings. The van der Waals surface area contributed by atoms with Crippen molar-refractivity contribution in [1.82, 2.24) is 0 Å². The first-order chi connectivity index (χ1) is 6.42. The number of rotatable bonds is 3. The molecule has 78 valence electrons. The summed E-state index contributed by atoms with van der Waals surface area (Å²) in [7, 11) is -4.20. The smallest absolute Gasteiger partial charge is 0.284 e. The molecule has 1 aromatic carbocycles. The second kappa shape index (κ2) is 3.92. The molecule has 14 heavy (non-hydrogen) atoms. The largest absolute Gasteiger partial charge is 0.284 e. The minimum absolute atomic E-state index is 0.207. The van der Waals surface area contributed by atoms with E-state index in [2.05, 4.69) is 12.6 Å². The van der Waals surface area contributed by atoms with Crippen molar-refractivity contribution < 1.29 is 13.0 Å². The van der Waals surface area contributed by atoms with E-state index in [4.69, 9.17) is 4.55 Å². The van der Waals surface area contributed by atoms with E-state index in [1.165, 1.54) is 0 Å². The van der Waals surface area contributed by atoms with Crippen LogP contribution in [0.15, 0.2) is 30.3 Å². The fourth-order valence-electron chi connectivity index (χ4n) is 1.23. The Kier molecular flexibility index (Phi) is 3.24. The van der Waals surface area contributed by atoms with E-state index in [1.807, 2.05) is 0 Å². The van der Waals surface area contributed by atoms with Crippen molar-refractivity contribution in [3.05, 3.63) is 35.9 Å². The van der Waals surface area contributed by atoms with Crippen LogP contribution in [-0.2, 0) is 14.2 Å². The molecule has 1 unspecified atom stereocenters. The van der Waals surface area contributed by atoms with Gasteiger partial charge >= 0.3 is 0 Å². The molecular formula is C9H12O3S2. The molecular weight excluding hydrogens is 220 g/mol. The van der Waals surface area contributed by atoms with Crippen LogP contribution in [0.25, 0.3) is 0 Å². The lowest BCUT2D eigenvalue weighted by atomic mass is 10.1. The van der Waals surface area contributed by atoms with Gasteiger partial charge in [0.1, 0.15) is 0 Å². The minimum Gasteiger partial charge on any atom is -0.284 e. The first-order valence-electron chi connectivity index (χ1n) is 4.16. The molecule has 0 heterocycles. The summed E-state index contributed by atoms with van der Waals surface area (Å²) in [5.41, 5.74) is 0.480. The summed E-state index contributed by atoms with van der Waals surface area (Å²) < 4.78 is 29.9. The van der Waals surface area contributed by atoms with Gasteiger partial charge in [0.25, 0.3) is 10.1 Å². The predicted octanol–water partition coefficient (Wildman–Crippen LogP) is 2.07. The second-order valence-electron chi connectivity index (χ2n) is 2.98. The van der Waals surface area contributed by atoms with Gasteiger partial charge in [-0.25, -0.2) is 0 Å². The third kappa shape index (κ3) is 1.94. The van der Waals surface area contributed by atoms with Crippen LogP contribution < -0.4 is 0 Å². The van der Waals surface area contributed by atoms with E-state index in [0.29, 0.717) is 5.56 Å². The Morgan fingerprint density at radius 1 is 1.36 bits per heavy atom. The Balaban J connectivity index is 3.30. The van der Waals surface area contributed by atoms with Crippen molar-refractivity contribution in [2.75, 3.05) is 0 Å².